The number of carbonyl (C=O) groups excluding carboxylic acids is 1. The molecule has 3 rings (SSSR count). The Morgan fingerprint density at radius 1 is 1.12 bits per heavy atom. The standard InChI is InChI=1S/C20H20N2OS2/c1-24-17-10-5-9-16(13-17)22-19(23)14-21-20(18-11-6-12-25-18)15-7-3-2-4-8-15/h2-13,20-21H,14H2,1H3,(H,22,23)/p+1/t20-/m1/s1. The van der Waals surface area contributed by atoms with Crippen molar-refractivity contribution in [1.29, 1.82) is 0 Å². The molecule has 1 aromatic heterocycles. The lowest BCUT2D eigenvalue weighted by Crippen LogP contribution is -2.87. The van der Waals surface area contributed by atoms with Crippen molar-refractivity contribution in [2.24, 2.45) is 0 Å². The van der Waals surface area contributed by atoms with E-state index in [2.05, 4.69) is 40.3 Å². The molecule has 2 aromatic carbocycles. The smallest absolute Gasteiger partial charge is 0.279 e. The minimum Gasteiger partial charge on any atom is -0.328 e. The van der Waals surface area contributed by atoms with Crippen molar-refractivity contribution in [3.63, 3.8) is 0 Å². The summed E-state index contributed by atoms with van der Waals surface area (Å²) >= 11 is 3.39. The highest BCUT2D eigenvalue weighted by Gasteiger charge is 2.19. The van der Waals surface area contributed by atoms with Crippen LogP contribution in [0.2, 0.25) is 0 Å². The van der Waals surface area contributed by atoms with E-state index in [4.69, 9.17) is 0 Å². The summed E-state index contributed by atoms with van der Waals surface area (Å²) in [6.07, 6.45) is 2.03. The van der Waals surface area contributed by atoms with Gasteiger partial charge >= 0.3 is 0 Å². The maximum Gasteiger partial charge on any atom is 0.279 e. The molecule has 0 aliphatic rings. The van der Waals surface area contributed by atoms with Gasteiger partial charge in [-0.25, -0.2) is 0 Å². The average Bonchev–Trinajstić information content (AvgIpc) is 3.17. The number of benzene rings is 2. The number of thioether (sulfide) groups is 1. The average molecular weight is 370 g/mol. The Kier molecular flexibility index (Phi) is 6.28. The number of nitrogens with one attached hydrogen (secondary N) is 1. The van der Waals surface area contributed by atoms with E-state index >= 15 is 0 Å². The van der Waals surface area contributed by atoms with Gasteiger partial charge in [0.1, 0.15) is 6.04 Å². The van der Waals surface area contributed by atoms with E-state index in [1.807, 2.05) is 48.7 Å². The number of thiophene rings is 1. The molecule has 1 amide bonds. The third kappa shape index (κ3) is 4.95. The summed E-state index contributed by atoms with van der Waals surface area (Å²) in [6, 6.07) is 22.6. The Morgan fingerprint density at radius 3 is 2.68 bits per heavy atom. The van der Waals surface area contributed by atoms with E-state index in [-0.39, 0.29) is 11.9 Å². The molecule has 0 unspecified atom stereocenters. The van der Waals surface area contributed by atoms with Crippen molar-refractivity contribution >= 4 is 34.7 Å². The van der Waals surface area contributed by atoms with Crippen LogP contribution >= 0.6 is 23.1 Å². The fraction of sp³-hybridized carbons (Fsp3) is 0.150. The number of amides is 1. The summed E-state index contributed by atoms with van der Waals surface area (Å²) in [5.41, 5.74) is 2.06. The number of hydrogen-bond donors (Lipinski definition) is 2. The zero-order valence-electron chi connectivity index (χ0n) is 14.0. The van der Waals surface area contributed by atoms with Gasteiger partial charge in [-0.1, -0.05) is 42.5 Å². The van der Waals surface area contributed by atoms with E-state index in [1.165, 1.54) is 10.4 Å². The molecule has 0 spiro atoms. The molecule has 0 saturated heterocycles. The van der Waals surface area contributed by atoms with E-state index in [9.17, 15) is 4.79 Å². The summed E-state index contributed by atoms with van der Waals surface area (Å²) in [5, 5.41) is 7.16. The molecule has 128 valence electrons. The quantitative estimate of drug-likeness (QED) is 0.623. The van der Waals surface area contributed by atoms with E-state index in [0.717, 1.165) is 10.6 Å². The molecule has 1 atom stereocenters. The van der Waals surface area contributed by atoms with Crippen LogP contribution in [0, 0.1) is 0 Å². The molecule has 0 fully saturated rings. The fourth-order valence-corrected chi connectivity index (χ4v) is 3.99. The number of rotatable bonds is 7. The monoisotopic (exact) mass is 369 g/mol. The van der Waals surface area contributed by atoms with Crippen LogP contribution in [0.25, 0.3) is 0 Å². The summed E-state index contributed by atoms with van der Waals surface area (Å²) in [7, 11) is 0. The van der Waals surface area contributed by atoms with Crippen molar-refractivity contribution in [1.82, 2.24) is 0 Å². The van der Waals surface area contributed by atoms with Gasteiger partial charge in [0, 0.05) is 16.1 Å². The van der Waals surface area contributed by atoms with Crippen molar-refractivity contribution in [2.45, 2.75) is 10.9 Å². The van der Waals surface area contributed by atoms with Crippen LogP contribution in [0.15, 0.2) is 77.0 Å². The maximum absolute atomic E-state index is 12.4. The highest BCUT2D eigenvalue weighted by atomic mass is 32.2. The summed E-state index contributed by atoms with van der Waals surface area (Å²) in [6.45, 7) is 0.376. The first-order valence-electron chi connectivity index (χ1n) is 8.12. The third-order valence-corrected chi connectivity index (χ3v) is 5.58. The van der Waals surface area contributed by atoms with Crippen LogP contribution in [-0.4, -0.2) is 18.7 Å². The Morgan fingerprint density at radius 2 is 1.96 bits per heavy atom. The largest absolute Gasteiger partial charge is 0.328 e. The Hall–Kier alpha value is -2.08. The number of nitrogens with two attached hydrogens (primary N) is 1. The topological polar surface area (TPSA) is 45.7 Å². The van der Waals surface area contributed by atoms with Gasteiger partial charge in [-0.2, -0.15) is 0 Å². The molecule has 0 bridgehead atoms. The second kappa shape index (κ2) is 8.85. The zero-order chi connectivity index (χ0) is 17.5. The lowest BCUT2D eigenvalue weighted by atomic mass is 10.1. The number of hydrogen-bond acceptors (Lipinski definition) is 3. The van der Waals surface area contributed by atoms with Gasteiger partial charge < -0.3 is 10.6 Å². The lowest BCUT2D eigenvalue weighted by molar-refractivity contribution is -0.675. The molecule has 1 heterocycles. The van der Waals surface area contributed by atoms with Crippen LogP contribution in [-0.2, 0) is 4.79 Å². The van der Waals surface area contributed by atoms with Crippen LogP contribution in [0.1, 0.15) is 16.5 Å². The summed E-state index contributed by atoms with van der Waals surface area (Å²) < 4.78 is 0. The molecule has 0 radical (unpaired) electrons. The minimum atomic E-state index is 0.00994. The highest BCUT2D eigenvalue weighted by Crippen LogP contribution is 2.22. The molecule has 0 saturated carbocycles. The highest BCUT2D eigenvalue weighted by molar-refractivity contribution is 7.98. The molecule has 25 heavy (non-hydrogen) atoms. The first kappa shape index (κ1) is 17.7. The Bertz CT molecular complexity index is 804. The van der Waals surface area contributed by atoms with Gasteiger partial charge in [0.05, 0.1) is 4.88 Å². The Labute approximate surface area is 156 Å². The molecule has 3 nitrogen and oxygen atoms in total. The van der Waals surface area contributed by atoms with Crippen LogP contribution in [0.3, 0.4) is 0 Å². The second-order valence-corrected chi connectivity index (χ2v) is 7.48. The van der Waals surface area contributed by atoms with Crippen LogP contribution in [0.5, 0.6) is 0 Å². The van der Waals surface area contributed by atoms with Crippen molar-refractivity contribution in [3.05, 3.63) is 82.6 Å². The normalized spacial score (nSPS) is 11.9. The molecular formula is C20H21N2OS2+. The first-order chi connectivity index (χ1) is 12.3. The van der Waals surface area contributed by atoms with E-state index < -0.39 is 0 Å². The third-order valence-electron chi connectivity index (χ3n) is 3.90. The molecule has 3 N–H and O–H groups in total. The number of carbonyl (C=O) groups is 1. The SMILES string of the molecule is CSc1cccc(NC(=O)C[NH2+][C@H](c2ccccc2)c2cccs2)c1. The summed E-state index contributed by atoms with van der Waals surface area (Å²) in [4.78, 5) is 14.8. The van der Waals surface area contributed by atoms with Gasteiger partial charge in [-0.3, -0.25) is 4.79 Å². The van der Waals surface area contributed by atoms with Gasteiger partial charge in [0.15, 0.2) is 6.54 Å². The predicted molar refractivity (Wildman–Crippen MR) is 106 cm³/mol. The fourth-order valence-electron chi connectivity index (χ4n) is 2.68. The maximum atomic E-state index is 12.4. The van der Waals surface area contributed by atoms with Crippen molar-refractivity contribution in [3.8, 4) is 0 Å². The summed E-state index contributed by atoms with van der Waals surface area (Å²) in [5.74, 6) is 0.00994. The molecular weight excluding hydrogens is 348 g/mol. The van der Waals surface area contributed by atoms with E-state index in [1.54, 1.807) is 23.1 Å². The molecule has 5 heteroatoms. The predicted octanol–water partition coefficient (Wildman–Crippen LogP) is 3.76. The van der Waals surface area contributed by atoms with Crippen molar-refractivity contribution in [2.75, 3.05) is 18.1 Å². The molecule has 0 aliphatic heterocycles. The molecule has 0 aliphatic carbocycles. The minimum absolute atomic E-state index is 0.00994. The second-order valence-electron chi connectivity index (χ2n) is 5.62. The van der Waals surface area contributed by atoms with Gasteiger partial charge in [-0.15, -0.1) is 23.1 Å². The number of quaternary nitrogens is 1. The first-order valence-corrected chi connectivity index (χ1v) is 10.2. The van der Waals surface area contributed by atoms with E-state index in [0.29, 0.717) is 6.54 Å². The molecule has 3 aromatic rings. The van der Waals surface area contributed by atoms with Gasteiger partial charge in [0.25, 0.3) is 5.91 Å². The van der Waals surface area contributed by atoms with Crippen LogP contribution < -0.4 is 10.6 Å². The van der Waals surface area contributed by atoms with Gasteiger partial charge in [-0.05, 0) is 35.9 Å². The number of anilines is 1. The zero-order valence-corrected chi connectivity index (χ0v) is 15.6. The van der Waals surface area contributed by atoms with Gasteiger partial charge in [0.2, 0.25) is 0 Å². The van der Waals surface area contributed by atoms with Crippen LogP contribution in [0.4, 0.5) is 5.69 Å². The Balaban J connectivity index is 1.66. The van der Waals surface area contributed by atoms with Crippen molar-refractivity contribution < 1.29 is 10.1 Å². The lowest BCUT2D eigenvalue weighted by Gasteiger charge is -2.15.